The minimum Gasteiger partial charge on any atom is -0.508 e. The van der Waals surface area contributed by atoms with Crippen LogP contribution in [0.4, 0.5) is 4.79 Å². The fourth-order valence-electron chi connectivity index (χ4n) is 3.45. The lowest BCUT2D eigenvalue weighted by Gasteiger charge is -2.31. The first-order chi connectivity index (χ1) is 11.6. The van der Waals surface area contributed by atoms with Gasteiger partial charge in [0.25, 0.3) is 0 Å². The summed E-state index contributed by atoms with van der Waals surface area (Å²) in [6.45, 7) is 1.87. The third kappa shape index (κ3) is 3.42. The molecule has 0 saturated heterocycles. The molecule has 1 aromatic rings. The van der Waals surface area contributed by atoms with Gasteiger partial charge < -0.3 is 15.2 Å². The van der Waals surface area contributed by atoms with Crippen molar-refractivity contribution in [3.05, 3.63) is 29.8 Å². The highest BCUT2D eigenvalue weighted by Gasteiger charge is 2.40. The van der Waals surface area contributed by atoms with Gasteiger partial charge in [0, 0.05) is 5.71 Å². The van der Waals surface area contributed by atoms with Crippen LogP contribution in [0.5, 0.6) is 5.75 Å². The predicted octanol–water partition coefficient (Wildman–Crippen LogP) is 3.11. The van der Waals surface area contributed by atoms with Crippen LogP contribution in [0.25, 0.3) is 0 Å². The summed E-state index contributed by atoms with van der Waals surface area (Å²) in [5.41, 5.74) is 1.19. The molecule has 1 aliphatic carbocycles. The van der Waals surface area contributed by atoms with Gasteiger partial charge in [0.05, 0.1) is 6.04 Å². The molecule has 2 N–H and O–H groups in total. The molecule has 6 nitrogen and oxygen atoms in total. The maximum Gasteiger partial charge on any atom is 0.341 e. The van der Waals surface area contributed by atoms with E-state index in [0.29, 0.717) is 17.7 Å². The van der Waals surface area contributed by atoms with E-state index < -0.39 is 18.0 Å². The summed E-state index contributed by atoms with van der Waals surface area (Å²) in [6.07, 6.45) is 4.37. The maximum absolute atomic E-state index is 12.8. The molecule has 1 aliphatic heterocycles. The van der Waals surface area contributed by atoms with Crippen LogP contribution in [-0.4, -0.2) is 28.9 Å². The Morgan fingerprint density at radius 2 is 2.12 bits per heavy atom. The van der Waals surface area contributed by atoms with Gasteiger partial charge in [-0.15, -0.1) is 0 Å². The van der Waals surface area contributed by atoms with Gasteiger partial charge in [0.15, 0.2) is 0 Å². The van der Waals surface area contributed by atoms with Crippen LogP contribution in [0.3, 0.4) is 0 Å². The average Bonchev–Trinajstić information content (AvgIpc) is 3.06. The Morgan fingerprint density at radius 3 is 2.79 bits per heavy atom. The molecule has 2 unspecified atom stereocenters. The smallest absolute Gasteiger partial charge is 0.341 e. The number of nitrogens with one attached hydrogen (secondary N) is 1. The van der Waals surface area contributed by atoms with Crippen molar-refractivity contribution >= 4 is 17.7 Å². The monoisotopic (exact) mass is 330 g/mol. The van der Waals surface area contributed by atoms with Gasteiger partial charge in [-0.3, -0.25) is 4.79 Å². The number of phenolic OH excluding ortho intramolecular Hbond substituents is 1. The van der Waals surface area contributed by atoms with E-state index in [1.165, 1.54) is 0 Å². The van der Waals surface area contributed by atoms with Gasteiger partial charge in [-0.05, 0) is 49.8 Å². The van der Waals surface area contributed by atoms with Crippen molar-refractivity contribution < 1.29 is 19.4 Å². The molecular formula is C18H22N2O4. The fraction of sp³-hybridized carbons (Fsp3) is 0.500. The number of urea groups is 1. The average molecular weight is 330 g/mol. The lowest BCUT2D eigenvalue weighted by molar-refractivity contribution is -0.152. The number of aliphatic imine (C=N–C) groups is 1. The third-order valence-electron chi connectivity index (χ3n) is 4.65. The van der Waals surface area contributed by atoms with Gasteiger partial charge in [-0.25, -0.2) is 9.79 Å². The number of ether oxygens (including phenoxy) is 1. The van der Waals surface area contributed by atoms with Gasteiger partial charge in [0.2, 0.25) is 0 Å². The lowest BCUT2D eigenvalue weighted by Crippen LogP contribution is -2.45. The van der Waals surface area contributed by atoms with Crippen molar-refractivity contribution in [2.75, 3.05) is 0 Å². The Kier molecular flexibility index (Phi) is 4.83. The fourth-order valence-corrected chi connectivity index (χ4v) is 3.45. The van der Waals surface area contributed by atoms with E-state index in [2.05, 4.69) is 10.3 Å². The minimum absolute atomic E-state index is 0.0435. The van der Waals surface area contributed by atoms with Crippen molar-refractivity contribution in [1.82, 2.24) is 5.32 Å². The third-order valence-corrected chi connectivity index (χ3v) is 4.65. The second-order valence-corrected chi connectivity index (χ2v) is 6.30. The topological polar surface area (TPSA) is 88.0 Å². The SMILES string of the molecule is CCC1=NC(=O)NC(c2cccc(O)c2)C1C(=O)OC1CCCC1. The molecule has 3 rings (SSSR count). The first-order valence-electron chi connectivity index (χ1n) is 8.46. The van der Waals surface area contributed by atoms with Crippen LogP contribution < -0.4 is 5.32 Å². The van der Waals surface area contributed by atoms with Crippen molar-refractivity contribution in [2.45, 2.75) is 51.2 Å². The molecule has 0 spiro atoms. The molecule has 24 heavy (non-hydrogen) atoms. The Balaban J connectivity index is 1.90. The standard InChI is InChI=1S/C18H22N2O4/c1-2-14-15(17(22)24-13-8-3-4-9-13)16(20-18(23)19-14)11-6-5-7-12(21)10-11/h5-7,10,13,15-16,21H,2-4,8-9H2,1H3,(H,20,23). The second kappa shape index (κ2) is 7.03. The summed E-state index contributed by atoms with van der Waals surface area (Å²) in [7, 11) is 0. The number of aromatic hydroxyl groups is 1. The molecule has 128 valence electrons. The summed E-state index contributed by atoms with van der Waals surface area (Å²) in [6, 6.07) is 5.53. The highest BCUT2D eigenvalue weighted by atomic mass is 16.5. The molecule has 0 aromatic heterocycles. The molecule has 2 amide bonds. The Bertz CT molecular complexity index is 665. The molecule has 1 heterocycles. The number of benzene rings is 1. The van der Waals surface area contributed by atoms with E-state index >= 15 is 0 Å². The number of phenols is 1. The number of nitrogens with zero attached hydrogens (tertiary/aromatic N) is 1. The Hall–Kier alpha value is -2.37. The molecule has 1 aromatic carbocycles. The van der Waals surface area contributed by atoms with E-state index in [1.807, 2.05) is 6.92 Å². The van der Waals surface area contributed by atoms with E-state index in [9.17, 15) is 14.7 Å². The lowest BCUT2D eigenvalue weighted by atomic mass is 9.86. The number of amides is 2. The quantitative estimate of drug-likeness (QED) is 0.830. The second-order valence-electron chi connectivity index (χ2n) is 6.30. The summed E-state index contributed by atoms with van der Waals surface area (Å²) in [4.78, 5) is 28.7. The van der Waals surface area contributed by atoms with Gasteiger partial charge in [0.1, 0.15) is 17.8 Å². The van der Waals surface area contributed by atoms with Crippen LogP contribution in [-0.2, 0) is 9.53 Å². The number of rotatable bonds is 4. The number of hydrogen-bond acceptors (Lipinski definition) is 4. The summed E-state index contributed by atoms with van der Waals surface area (Å²) < 4.78 is 5.67. The molecule has 1 saturated carbocycles. The Labute approximate surface area is 140 Å². The molecule has 2 atom stereocenters. The molecular weight excluding hydrogens is 308 g/mol. The zero-order valence-electron chi connectivity index (χ0n) is 13.7. The van der Waals surface area contributed by atoms with Crippen molar-refractivity contribution in [3.8, 4) is 5.75 Å². The Morgan fingerprint density at radius 1 is 1.38 bits per heavy atom. The predicted molar refractivity (Wildman–Crippen MR) is 88.9 cm³/mol. The molecule has 0 radical (unpaired) electrons. The van der Waals surface area contributed by atoms with Gasteiger partial charge in [-0.2, -0.15) is 0 Å². The van der Waals surface area contributed by atoms with E-state index in [1.54, 1.807) is 24.3 Å². The highest BCUT2D eigenvalue weighted by molar-refractivity contribution is 6.09. The summed E-state index contributed by atoms with van der Waals surface area (Å²) in [5.74, 6) is -0.920. The van der Waals surface area contributed by atoms with E-state index in [0.717, 1.165) is 25.7 Å². The first-order valence-corrected chi connectivity index (χ1v) is 8.46. The highest BCUT2D eigenvalue weighted by Crippen LogP contribution is 2.32. The van der Waals surface area contributed by atoms with Crippen LogP contribution in [0.15, 0.2) is 29.3 Å². The van der Waals surface area contributed by atoms with Crippen LogP contribution in [0.2, 0.25) is 0 Å². The molecule has 0 bridgehead atoms. The maximum atomic E-state index is 12.8. The van der Waals surface area contributed by atoms with Gasteiger partial charge >= 0.3 is 12.0 Å². The first kappa shape index (κ1) is 16.5. The number of carbonyl (C=O) groups is 2. The zero-order valence-corrected chi connectivity index (χ0v) is 13.7. The number of carbonyl (C=O) groups excluding carboxylic acids is 2. The zero-order chi connectivity index (χ0) is 17.1. The summed E-state index contributed by atoms with van der Waals surface area (Å²) in [5, 5.41) is 12.5. The van der Waals surface area contributed by atoms with Crippen LogP contribution >= 0.6 is 0 Å². The van der Waals surface area contributed by atoms with E-state index in [4.69, 9.17) is 4.74 Å². The van der Waals surface area contributed by atoms with Crippen molar-refractivity contribution in [3.63, 3.8) is 0 Å². The minimum atomic E-state index is -0.657. The number of hydrogen-bond donors (Lipinski definition) is 2. The summed E-state index contributed by atoms with van der Waals surface area (Å²) >= 11 is 0. The van der Waals surface area contributed by atoms with Gasteiger partial charge in [-0.1, -0.05) is 19.1 Å². The molecule has 6 heteroatoms. The molecule has 1 fully saturated rings. The van der Waals surface area contributed by atoms with Crippen molar-refractivity contribution in [2.24, 2.45) is 10.9 Å². The normalized spacial score (nSPS) is 24.4. The largest absolute Gasteiger partial charge is 0.508 e. The molecule has 2 aliphatic rings. The van der Waals surface area contributed by atoms with Crippen LogP contribution in [0.1, 0.15) is 50.6 Å². The number of esters is 1. The van der Waals surface area contributed by atoms with Crippen LogP contribution in [0, 0.1) is 5.92 Å². The van der Waals surface area contributed by atoms with E-state index in [-0.39, 0.29) is 17.8 Å². The van der Waals surface area contributed by atoms with Crippen molar-refractivity contribution in [1.29, 1.82) is 0 Å².